The number of fused-ring (bicyclic) bond motifs is 1. The second-order valence-electron chi connectivity index (χ2n) is 5.20. The molecule has 120 valence electrons. The maximum atomic E-state index is 12.4. The van der Waals surface area contributed by atoms with Gasteiger partial charge in [0.05, 0.1) is 18.0 Å². The third-order valence-electron chi connectivity index (χ3n) is 3.69. The summed E-state index contributed by atoms with van der Waals surface area (Å²) in [7, 11) is 0. The highest BCUT2D eigenvalue weighted by molar-refractivity contribution is 7.00. The van der Waals surface area contributed by atoms with Crippen molar-refractivity contribution in [1.29, 1.82) is 0 Å². The zero-order valence-corrected chi connectivity index (χ0v) is 13.3. The van der Waals surface area contributed by atoms with Gasteiger partial charge in [-0.3, -0.25) is 9.48 Å². The van der Waals surface area contributed by atoms with Gasteiger partial charge in [-0.1, -0.05) is 0 Å². The fourth-order valence-corrected chi connectivity index (χ4v) is 3.00. The van der Waals surface area contributed by atoms with Crippen molar-refractivity contribution in [2.24, 2.45) is 0 Å². The summed E-state index contributed by atoms with van der Waals surface area (Å²) in [6.45, 7) is 0.362. The molecule has 4 aromatic rings. The van der Waals surface area contributed by atoms with Crippen molar-refractivity contribution in [2.75, 3.05) is 6.54 Å². The fourth-order valence-electron chi connectivity index (χ4n) is 2.49. The highest BCUT2D eigenvalue weighted by Crippen LogP contribution is 2.18. The van der Waals surface area contributed by atoms with E-state index in [2.05, 4.69) is 19.2 Å². The van der Waals surface area contributed by atoms with Gasteiger partial charge in [0.15, 0.2) is 0 Å². The molecular weight excluding hydrogens is 326 g/mol. The zero-order valence-electron chi connectivity index (χ0n) is 12.5. The molecule has 1 atom stereocenters. The van der Waals surface area contributed by atoms with Gasteiger partial charge in [-0.05, 0) is 36.4 Å². The van der Waals surface area contributed by atoms with Gasteiger partial charge >= 0.3 is 0 Å². The van der Waals surface area contributed by atoms with Crippen LogP contribution in [0.4, 0.5) is 0 Å². The molecule has 0 radical (unpaired) electrons. The van der Waals surface area contributed by atoms with Crippen LogP contribution in [-0.2, 0) is 0 Å². The van der Waals surface area contributed by atoms with Gasteiger partial charge in [0, 0.05) is 24.5 Å². The summed E-state index contributed by atoms with van der Waals surface area (Å²) in [6, 6.07) is 10.6. The largest absolute Gasteiger partial charge is 0.467 e. The van der Waals surface area contributed by atoms with Crippen molar-refractivity contribution >= 4 is 28.7 Å². The van der Waals surface area contributed by atoms with Crippen molar-refractivity contribution < 1.29 is 9.21 Å². The molecule has 0 saturated carbocycles. The number of carbonyl (C=O) groups is 1. The lowest BCUT2D eigenvalue weighted by atomic mass is 10.1. The lowest BCUT2D eigenvalue weighted by Gasteiger charge is -2.16. The Labute approximate surface area is 141 Å². The van der Waals surface area contributed by atoms with E-state index in [0.717, 1.165) is 28.5 Å². The molecule has 4 rings (SSSR count). The fraction of sp³-hybridized carbons (Fsp3) is 0.125. The second-order valence-corrected chi connectivity index (χ2v) is 5.72. The third-order valence-corrected chi connectivity index (χ3v) is 4.24. The van der Waals surface area contributed by atoms with Crippen molar-refractivity contribution in [3.8, 4) is 0 Å². The van der Waals surface area contributed by atoms with Gasteiger partial charge in [0.2, 0.25) is 0 Å². The molecule has 0 aliphatic rings. The first-order valence-electron chi connectivity index (χ1n) is 7.34. The molecule has 0 saturated heterocycles. The number of hydrogen-bond acceptors (Lipinski definition) is 6. The summed E-state index contributed by atoms with van der Waals surface area (Å²) < 4.78 is 15.5. The van der Waals surface area contributed by atoms with Crippen LogP contribution in [0.25, 0.3) is 11.0 Å². The molecule has 1 N–H and O–H groups in total. The average Bonchev–Trinajstić information content (AvgIpc) is 3.36. The number of benzene rings is 1. The third kappa shape index (κ3) is 2.79. The Bertz CT molecular complexity index is 912. The van der Waals surface area contributed by atoms with E-state index in [1.807, 2.05) is 24.4 Å². The van der Waals surface area contributed by atoms with Crippen LogP contribution in [0.5, 0.6) is 0 Å². The monoisotopic (exact) mass is 339 g/mol. The summed E-state index contributed by atoms with van der Waals surface area (Å²) >= 11 is 1.13. The Morgan fingerprint density at radius 1 is 1.25 bits per heavy atom. The summed E-state index contributed by atoms with van der Waals surface area (Å²) in [4.78, 5) is 12.4. The molecule has 0 spiro atoms. The Balaban J connectivity index is 1.52. The topological polar surface area (TPSA) is 85.8 Å². The second kappa shape index (κ2) is 6.25. The minimum atomic E-state index is -0.205. The summed E-state index contributed by atoms with van der Waals surface area (Å²) in [6.07, 6.45) is 5.14. The Hall–Kier alpha value is -3.00. The maximum absolute atomic E-state index is 12.4. The van der Waals surface area contributed by atoms with Gasteiger partial charge in [-0.15, -0.1) is 0 Å². The van der Waals surface area contributed by atoms with Crippen molar-refractivity contribution in [1.82, 2.24) is 23.8 Å². The van der Waals surface area contributed by atoms with E-state index in [1.165, 1.54) is 0 Å². The van der Waals surface area contributed by atoms with E-state index in [1.54, 1.807) is 35.3 Å². The minimum Gasteiger partial charge on any atom is -0.467 e. The van der Waals surface area contributed by atoms with Crippen molar-refractivity contribution in [3.05, 3.63) is 66.4 Å². The number of carbonyl (C=O) groups excluding carboxylic acids is 1. The van der Waals surface area contributed by atoms with Crippen LogP contribution < -0.4 is 5.32 Å². The van der Waals surface area contributed by atoms with Gasteiger partial charge in [0.1, 0.15) is 22.8 Å². The molecule has 3 aromatic heterocycles. The number of nitrogens with one attached hydrogen (secondary N) is 1. The average molecular weight is 339 g/mol. The highest BCUT2D eigenvalue weighted by atomic mass is 32.1. The molecule has 1 amide bonds. The molecule has 24 heavy (non-hydrogen) atoms. The standard InChI is InChI=1S/C16H13N5O2S/c22-16(11-4-5-12-13(9-11)20-24-19-12)17-10-14(15-3-1-8-23-15)21-7-2-6-18-21/h1-9,14H,10H2,(H,17,22). The predicted octanol–water partition coefficient (Wildman–Crippen LogP) is 2.50. The Morgan fingerprint density at radius 3 is 2.96 bits per heavy atom. The summed E-state index contributed by atoms with van der Waals surface area (Å²) in [5.74, 6) is 0.562. The molecule has 0 fully saturated rings. The van der Waals surface area contributed by atoms with E-state index < -0.39 is 0 Å². The lowest BCUT2D eigenvalue weighted by molar-refractivity contribution is 0.0948. The number of hydrogen-bond donors (Lipinski definition) is 1. The van der Waals surface area contributed by atoms with E-state index in [-0.39, 0.29) is 11.9 Å². The SMILES string of the molecule is O=C(NCC(c1ccco1)n1cccn1)c1ccc2nsnc2c1. The van der Waals surface area contributed by atoms with Crippen molar-refractivity contribution in [2.45, 2.75) is 6.04 Å². The number of furan rings is 1. The Kier molecular flexibility index (Phi) is 3.80. The van der Waals surface area contributed by atoms with Gasteiger partial charge in [-0.25, -0.2) is 0 Å². The van der Waals surface area contributed by atoms with E-state index in [9.17, 15) is 4.79 Å². The molecule has 0 aliphatic carbocycles. The van der Waals surface area contributed by atoms with Crippen LogP contribution in [0.3, 0.4) is 0 Å². The minimum absolute atomic E-state index is 0.173. The molecule has 1 aromatic carbocycles. The van der Waals surface area contributed by atoms with E-state index >= 15 is 0 Å². The van der Waals surface area contributed by atoms with Crippen LogP contribution in [0.2, 0.25) is 0 Å². The van der Waals surface area contributed by atoms with Gasteiger partial charge in [-0.2, -0.15) is 13.8 Å². The van der Waals surface area contributed by atoms with Crippen LogP contribution in [0, 0.1) is 0 Å². The molecular formula is C16H13N5O2S. The predicted molar refractivity (Wildman–Crippen MR) is 88.8 cm³/mol. The number of aromatic nitrogens is 4. The quantitative estimate of drug-likeness (QED) is 0.604. The van der Waals surface area contributed by atoms with Crippen LogP contribution in [0.15, 0.2) is 59.5 Å². The van der Waals surface area contributed by atoms with Crippen LogP contribution in [0.1, 0.15) is 22.2 Å². The molecule has 0 bridgehead atoms. The number of nitrogens with zero attached hydrogens (tertiary/aromatic N) is 4. The molecule has 3 heterocycles. The Morgan fingerprint density at radius 2 is 2.17 bits per heavy atom. The zero-order chi connectivity index (χ0) is 16.4. The highest BCUT2D eigenvalue weighted by Gasteiger charge is 2.18. The first-order chi connectivity index (χ1) is 11.8. The van der Waals surface area contributed by atoms with Crippen LogP contribution >= 0.6 is 11.7 Å². The first kappa shape index (κ1) is 14.6. The lowest BCUT2D eigenvalue weighted by Crippen LogP contribution is -2.31. The molecule has 1 unspecified atom stereocenters. The first-order valence-corrected chi connectivity index (χ1v) is 8.07. The summed E-state index contributed by atoms with van der Waals surface area (Å²) in [5, 5.41) is 7.17. The maximum Gasteiger partial charge on any atom is 0.251 e. The molecule has 7 nitrogen and oxygen atoms in total. The molecule has 8 heteroatoms. The molecule has 0 aliphatic heterocycles. The smallest absolute Gasteiger partial charge is 0.251 e. The van der Waals surface area contributed by atoms with Gasteiger partial charge < -0.3 is 9.73 Å². The summed E-state index contributed by atoms with van der Waals surface area (Å²) in [5.41, 5.74) is 2.07. The van der Waals surface area contributed by atoms with Crippen LogP contribution in [-0.4, -0.2) is 31.0 Å². The van der Waals surface area contributed by atoms with E-state index in [4.69, 9.17) is 4.42 Å². The van der Waals surface area contributed by atoms with Gasteiger partial charge in [0.25, 0.3) is 5.91 Å². The van der Waals surface area contributed by atoms with E-state index in [0.29, 0.717) is 12.1 Å². The number of rotatable bonds is 5. The number of amides is 1. The van der Waals surface area contributed by atoms with Crippen molar-refractivity contribution in [3.63, 3.8) is 0 Å². The normalized spacial score (nSPS) is 12.3.